The second kappa shape index (κ2) is 6.53. The van der Waals surface area contributed by atoms with Gasteiger partial charge in [0.2, 0.25) is 0 Å². The van der Waals surface area contributed by atoms with Crippen LogP contribution in [0.4, 0.5) is 15.9 Å². The number of imidazole rings is 1. The number of anilines is 2. The monoisotopic (exact) mass is 410 g/mol. The van der Waals surface area contributed by atoms with E-state index in [4.69, 9.17) is 4.98 Å². The molecule has 0 saturated carbocycles. The SMILES string of the molecule is Cc1cccc(C)c1Nc1c(-c2ccc(F)cc2)nc2cnc(Br)cn12. The summed E-state index contributed by atoms with van der Waals surface area (Å²) in [5, 5.41) is 3.53. The number of hydrogen-bond acceptors (Lipinski definition) is 3. The molecule has 4 rings (SSSR count). The summed E-state index contributed by atoms with van der Waals surface area (Å²) in [6, 6.07) is 12.5. The molecule has 0 radical (unpaired) electrons. The number of nitrogens with one attached hydrogen (secondary N) is 1. The maximum absolute atomic E-state index is 13.4. The lowest BCUT2D eigenvalue weighted by molar-refractivity contribution is 0.628. The molecule has 4 aromatic rings. The normalized spacial score (nSPS) is 11.1. The van der Waals surface area contributed by atoms with E-state index >= 15 is 0 Å². The van der Waals surface area contributed by atoms with Crippen LogP contribution in [0.1, 0.15) is 11.1 Å². The smallest absolute Gasteiger partial charge is 0.157 e. The Hall–Kier alpha value is -2.73. The van der Waals surface area contributed by atoms with Crippen LogP contribution in [0, 0.1) is 19.7 Å². The van der Waals surface area contributed by atoms with Crippen LogP contribution < -0.4 is 5.32 Å². The van der Waals surface area contributed by atoms with Crippen molar-refractivity contribution in [3.8, 4) is 11.3 Å². The summed E-state index contributed by atoms with van der Waals surface area (Å²) in [7, 11) is 0. The molecule has 0 fully saturated rings. The van der Waals surface area contributed by atoms with Crippen LogP contribution in [0.2, 0.25) is 0 Å². The summed E-state index contributed by atoms with van der Waals surface area (Å²) in [4.78, 5) is 8.96. The maximum atomic E-state index is 13.4. The lowest BCUT2D eigenvalue weighted by Gasteiger charge is -2.14. The van der Waals surface area contributed by atoms with Gasteiger partial charge in [-0.2, -0.15) is 0 Å². The minimum atomic E-state index is -0.272. The molecule has 4 nitrogen and oxygen atoms in total. The van der Waals surface area contributed by atoms with Gasteiger partial charge in [0.15, 0.2) is 5.65 Å². The molecule has 0 unspecified atom stereocenters. The third kappa shape index (κ3) is 2.97. The van der Waals surface area contributed by atoms with Gasteiger partial charge < -0.3 is 5.32 Å². The predicted octanol–water partition coefficient (Wildman–Crippen LogP) is 5.66. The molecule has 0 aliphatic carbocycles. The number of aryl methyl sites for hydroxylation is 2. The van der Waals surface area contributed by atoms with Gasteiger partial charge in [-0.1, -0.05) is 18.2 Å². The van der Waals surface area contributed by atoms with E-state index in [1.54, 1.807) is 18.3 Å². The molecule has 0 aliphatic heterocycles. The van der Waals surface area contributed by atoms with Gasteiger partial charge in [-0.25, -0.2) is 14.4 Å². The number of aromatic nitrogens is 3. The van der Waals surface area contributed by atoms with Crippen molar-refractivity contribution in [2.75, 3.05) is 5.32 Å². The summed E-state index contributed by atoms with van der Waals surface area (Å²) >= 11 is 3.42. The molecule has 2 aromatic heterocycles. The molecule has 26 heavy (non-hydrogen) atoms. The Kier molecular flexibility index (Phi) is 4.20. The molecule has 6 heteroatoms. The highest BCUT2D eigenvalue weighted by atomic mass is 79.9. The Morgan fingerprint density at radius 1 is 1.04 bits per heavy atom. The van der Waals surface area contributed by atoms with Gasteiger partial charge in [0.25, 0.3) is 0 Å². The first-order valence-corrected chi connectivity index (χ1v) is 8.95. The van der Waals surface area contributed by atoms with Crippen molar-refractivity contribution in [3.63, 3.8) is 0 Å². The maximum Gasteiger partial charge on any atom is 0.157 e. The quantitative estimate of drug-likeness (QED) is 0.473. The van der Waals surface area contributed by atoms with Gasteiger partial charge in [0.05, 0.1) is 6.20 Å². The number of fused-ring (bicyclic) bond motifs is 1. The van der Waals surface area contributed by atoms with Crippen molar-refractivity contribution in [2.45, 2.75) is 13.8 Å². The van der Waals surface area contributed by atoms with E-state index in [-0.39, 0.29) is 5.82 Å². The summed E-state index contributed by atoms with van der Waals surface area (Å²) in [5.41, 5.74) is 5.59. The third-order valence-corrected chi connectivity index (χ3v) is 4.73. The summed E-state index contributed by atoms with van der Waals surface area (Å²) < 4.78 is 16.0. The minimum absolute atomic E-state index is 0.272. The zero-order valence-electron chi connectivity index (χ0n) is 14.3. The average molecular weight is 411 g/mol. The van der Waals surface area contributed by atoms with Crippen LogP contribution in [0.5, 0.6) is 0 Å². The molecule has 130 valence electrons. The molecular weight excluding hydrogens is 395 g/mol. The first-order valence-electron chi connectivity index (χ1n) is 8.16. The topological polar surface area (TPSA) is 42.2 Å². The fourth-order valence-electron chi connectivity index (χ4n) is 2.99. The van der Waals surface area contributed by atoms with Crippen LogP contribution in [0.25, 0.3) is 16.9 Å². The summed E-state index contributed by atoms with van der Waals surface area (Å²) in [5.74, 6) is 0.540. The summed E-state index contributed by atoms with van der Waals surface area (Å²) in [6.07, 6.45) is 3.57. The van der Waals surface area contributed by atoms with E-state index in [0.717, 1.165) is 33.9 Å². The Labute approximate surface area is 158 Å². The van der Waals surface area contributed by atoms with Gasteiger partial charge in [0.1, 0.15) is 21.9 Å². The number of para-hydroxylation sites is 1. The van der Waals surface area contributed by atoms with E-state index in [1.807, 2.05) is 16.7 Å². The van der Waals surface area contributed by atoms with Crippen molar-refractivity contribution in [1.82, 2.24) is 14.4 Å². The molecule has 2 aromatic carbocycles. The van der Waals surface area contributed by atoms with Crippen molar-refractivity contribution in [2.24, 2.45) is 0 Å². The molecule has 0 bridgehead atoms. The number of nitrogens with zero attached hydrogens (tertiary/aromatic N) is 3. The van der Waals surface area contributed by atoms with Crippen molar-refractivity contribution >= 4 is 33.1 Å². The molecule has 0 atom stereocenters. The number of benzene rings is 2. The van der Waals surface area contributed by atoms with E-state index in [9.17, 15) is 4.39 Å². The van der Waals surface area contributed by atoms with Crippen LogP contribution >= 0.6 is 15.9 Å². The molecule has 0 aliphatic rings. The highest BCUT2D eigenvalue weighted by Gasteiger charge is 2.16. The lowest BCUT2D eigenvalue weighted by Crippen LogP contribution is -2.01. The van der Waals surface area contributed by atoms with Gasteiger partial charge in [-0.15, -0.1) is 0 Å². The van der Waals surface area contributed by atoms with Gasteiger partial charge in [-0.3, -0.25) is 4.40 Å². The number of rotatable bonds is 3. The fourth-order valence-corrected chi connectivity index (χ4v) is 3.30. The Balaban J connectivity index is 1.94. The largest absolute Gasteiger partial charge is 0.339 e. The van der Waals surface area contributed by atoms with Crippen LogP contribution in [-0.4, -0.2) is 14.4 Å². The molecule has 0 saturated heterocycles. The molecular formula is C20H16BrFN4. The first kappa shape index (κ1) is 16.7. The molecule has 1 N–H and O–H groups in total. The van der Waals surface area contributed by atoms with E-state index < -0.39 is 0 Å². The van der Waals surface area contributed by atoms with E-state index in [0.29, 0.717) is 10.3 Å². The molecule has 2 heterocycles. The van der Waals surface area contributed by atoms with Crippen molar-refractivity contribution in [1.29, 1.82) is 0 Å². The predicted molar refractivity (Wildman–Crippen MR) is 105 cm³/mol. The van der Waals surface area contributed by atoms with Crippen molar-refractivity contribution < 1.29 is 4.39 Å². The highest BCUT2D eigenvalue weighted by molar-refractivity contribution is 9.10. The van der Waals surface area contributed by atoms with Gasteiger partial charge >= 0.3 is 0 Å². The van der Waals surface area contributed by atoms with Crippen LogP contribution in [0.3, 0.4) is 0 Å². The first-order chi connectivity index (χ1) is 12.5. The van der Waals surface area contributed by atoms with Crippen LogP contribution in [-0.2, 0) is 0 Å². The molecule has 0 spiro atoms. The van der Waals surface area contributed by atoms with E-state index in [2.05, 4.69) is 52.2 Å². The molecule has 0 amide bonds. The van der Waals surface area contributed by atoms with Gasteiger partial charge in [0, 0.05) is 17.4 Å². The van der Waals surface area contributed by atoms with Gasteiger partial charge in [-0.05, 0) is 65.2 Å². The minimum Gasteiger partial charge on any atom is -0.339 e. The second-order valence-corrected chi connectivity index (χ2v) is 6.96. The fraction of sp³-hybridized carbons (Fsp3) is 0.100. The standard InChI is InChI=1S/C20H16BrFN4/c1-12-4-3-5-13(2)18(12)25-20-19(14-6-8-15(22)9-7-14)24-17-10-23-16(21)11-26(17)20/h3-11,25H,1-2H3. The zero-order valence-corrected chi connectivity index (χ0v) is 15.9. The zero-order chi connectivity index (χ0) is 18.3. The van der Waals surface area contributed by atoms with E-state index in [1.165, 1.54) is 12.1 Å². The Bertz CT molecular complexity index is 1080. The Morgan fingerprint density at radius 3 is 2.42 bits per heavy atom. The van der Waals surface area contributed by atoms with Crippen molar-refractivity contribution in [3.05, 3.63) is 76.4 Å². The summed E-state index contributed by atoms with van der Waals surface area (Å²) in [6.45, 7) is 4.13. The number of halogens is 2. The Morgan fingerprint density at radius 2 is 1.73 bits per heavy atom. The highest BCUT2D eigenvalue weighted by Crippen LogP contribution is 2.33. The second-order valence-electron chi connectivity index (χ2n) is 6.15. The third-order valence-electron chi connectivity index (χ3n) is 4.32. The van der Waals surface area contributed by atoms with Crippen LogP contribution in [0.15, 0.2) is 59.5 Å². The average Bonchev–Trinajstić information content (AvgIpc) is 2.96. The lowest BCUT2D eigenvalue weighted by atomic mass is 10.1. The number of hydrogen-bond donors (Lipinski definition) is 1.